The molecule has 0 bridgehead atoms. The Balaban J connectivity index is 1.44. The molecule has 1 aliphatic heterocycles. The predicted molar refractivity (Wildman–Crippen MR) is 111 cm³/mol. The van der Waals surface area contributed by atoms with Gasteiger partial charge in [0.05, 0.1) is 24.7 Å². The molecule has 1 aromatic heterocycles. The lowest BCUT2D eigenvalue weighted by Crippen LogP contribution is -2.59. The van der Waals surface area contributed by atoms with E-state index in [1.807, 2.05) is 47.3 Å². The van der Waals surface area contributed by atoms with Crippen molar-refractivity contribution in [2.24, 2.45) is 0 Å². The van der Waals surface area contributed by atoms with Gasteiger partial charge in [0.2, 0.25) is 0 Å². The maximum atomic E-state index is 5.40. The number of rotatable bonds is 5. The first kappa shape index (κ1) is 18.5. The van der Waals surface area contributed by atoms with E-state index in [0.29, 0.717) is 0 Å². The van der Waals surface area contributed by atoms with Crippen molar-refractivity contribution in [2.75, 3.05) is 31.6 Å². The van der Waals surface area contributed by atoms with Crippen LogP contribution in [0.1, 0.15) is 19.5 Å². The standard InChI is InChI=1S/C22H27N5O/c1-22(2)17-25(12-13-26(22)20-10-7-11-21(14-20)28-3)15-18-16-27(24-23-18)19-8-5-4-6-9-19/h4-11,14,16H,12-13,15,17H2,1-3H3. The molecule has 0 radical (unpaired) electrons. The Morgan fingerprint density at radius 3 is 2.54 bits per heavy atom. The zero-order chi connectivity index (χ0) is 19.6. The third-order valence-corrected chi connectivity index (χ3v) is 5.29. The quantitative estimate of drug-likeness (QED) is 0.682. The molecular weight excluding hydrogens is 350 g/mol. The molecule has 0 spiro atoms. The topological polar surface area (TPSA) is 46.4 Å². The van der Waals surface area contributed by atoms with Crippen LogP contribution in [0, 0.1) is 0 Å². The summed E-state index contributed by atoms with van der Waals surface area (Å²) in [7, 11) is 1.71. The van der Waals surface area contributed by atoms with E-state index in [0.717, 1.165) is 43.3 Å². The fourth-order valence-electron chi connectivity index (χ4n) is 3.95. The SMILES string of the molecule is COc1cccc(N2CCN(Cc3cn(-c4ccccc4)nn3)CC2(C)C)c1. The summed E-state index contributed by atoms with van der Waals surface area (Å²) in [6.45, 7) is 8.30. The van der Waals surface area contributed by atoms with E-state index in [1.54, 1.807) is 7.11 Å². The van der Waals surface area contributed by atoms with E-state index in [-0.39, 0.29) is 5.54 Å². The largest absolute Gasteiger partial charge is 0.497 e. The number of aromatic nitrogens is 3. The summed E-state index contributed by atoms with van der Waals surface area (Å²) >= 11 is 0. The number of nitrogens with zero attached hydrogens (tertiary/aromatic N) is 5. The van der Waals surface area contributed by atoms with Crippen LogP contribution in [-0.4, -0.2) is 52.2 Å². The number of hydrogen-bond donors (Lipinski definition) is 0. The van der Waals surface area contributed by atoms with Crippen LogP contribution in [0.5, 0.6) is 5.75 Å². The minimum absolute atomic E-state index is 0.0139. The maximum Gasteiger partial charge on any atom is 0.120 e. The second-order valence-electron chi connectivity index (χ2n) is 7.87. The van der Waals surface area contributed by atoms with E-state index in [2.05, 4.69) is 52.2 Å². The molecule has 2 aromatic carbocycles. The molecule has 0 unspecified atom stereocenters. The minimum atomic E-state index is 0.0139. The normalized spacial score (nSPS) is 16.9. The number of para-hydroxylation sites is 1. The van der Waals surface area contributed by atoms with Crippen molar-refractivity contribution in [3.8, 4) is 11.4 Å². The van der Waals surface area contributed by atoms with Crippen LogP contribution in [0.15, 0.2) is 60.8 Å². The molecule has 6 nitrogen and oxygen atoms in total. The van der Waals surface area contributed by atoms with E-state index in [9.17, 15) is 0 Å². The highest BCUT2D eigenvalue weighted by Gasteiger charge is 2.34. The van der Waals surface area contributed by atoms with E-state index in [1.165, 1.54) is 5.69 Å². The Labute approximate surface area is 166 Å². The van der Waals surface area contributed by atoms with Crippen LogP contribution in [0.4, 0.5) is 5.69 Å². The van der Waals surface area contributed by atoms with Crippen molar-refractivity contribution in [1.29, 1.82) is 0 Å². The molecule has 0 N–H and O–H groups in total. The first-order valence-corrected chi connectivity index (χ1v) is 9.66. The Kier molecular flexibility index (Phi) is 5.05. The molecule has 0 aliphatic carbocycles. The van der Waals surface area contributed by atoms with E-state index >= 15 is 0 Å². The average molecular weight is 377 g/mol. The molecule has 4 rings (SSSR count). The first-order chi connectivity index (χ1) is 13.5. The van der Waals surface area contributed by atoms with Gasteiger partial charge in [0.25, 0.3) is 0 Å². The van der Waals surface area contributed by atoms with Crippen molar-refractivity contribution in [3.05, 3.63) is 66.5 Å². The number of piperazine rings is 1. The Morgan fingerprint density at radius 2 is 1.79 bits per heavy atom. The zero-order valence-corrected chi connectivity index (χ0v) is 16.7. The molecule has 1 fully saturated rings. The molecule has 0 amide bonds. The number of methoxy groups -OCH3 is 1. The molecular formula is C22H27N5O. The highest BCUT2D eigenvalue weighted by atomic mass is 16.5. The fraction of sp³-hybridized carbons (Fsp3) is 0.364. The highest BCUT2D eigenvalue weighted by Crippen LogP contribution is 2.30. The molecule has 2 heterocycles. The lowest BCUT2D eigenvalue weighted by Gasteiger charge is -2.48. The smallest absolute Gasteiger partial charge is 0.120 e. The Bertz CT molecular complexity index is 921. The maximum absolute atomic E-state index is 5.40. The summed E-state index contributed by atoms with van der Waals surface area (Å²) in [4.78, 5) is 4.92. The van der Waals surface area contributed by atoms with Crippen molar-refractivity contribution in [3.63, 3.8) is 0 Å². The van der Waals surface area contributed by atoms with Gasteiger partial charge in [-0.2, -0.15) is 0 Å². The molecule has 1 saturated heterocycles. The Morgan fingerprint density at radius 1 is 1.00 bits per heavy atom. The summed E-state index contributed by atoms with van der Waals surface area (Å²) in [5.41, 5.74) is 3.25. The zero-order valence-electron chi connectivity index (χ0n) is 16.7. The third kappa shape index (κ3) is 3.87. The van der Waals surface area contributed by atoms with Gasteiger partial charge < -0.3 is 9.64 Å². The number of hydrogen-bond acceptors (Lipinski definition) is 5. The van der Waals surface area contributed by atoms with Gasteiger partial charge in [-0.3, -0.25) is 4.90 Å². The van der Waals surface area contributed by atoms with Crippen molar-refractivity contribution >= 4 is 5.69 Å². The first-order valence-electron chi connectivity index (χ1n) is 9.66. The predicted octanol–water partition coefficient (Wildman–Crippen LogP) is 3.38. The highest BCUT2D eigenvalue weighted by molar-refractivity contribution is 5.53. The number of ether oxygens (including phenoxy) is 1. The van der Waals surface area contributed by atoms with Gasteiger partial charge in [-0.05, 0) is 38.1 Å². The molecule has 0 saturated carbocycles. The monoisotopic (exact) mass is 377 g/mol. The van der Waals surface area contributed by atoms with Crippen molar-refractivity contribution < 1.29 is 4.74 Å². The summed E-state index contributed by atoms with van der Waals surface area (Å²) in [5.74, 6) is 0.897. The van der Waals surface area contributed by atoms with Crippen LogP contribution >= 0.6 is 0 Å². The van der Waals surface area contributed by atoms with Gasteiger partial charge in [0.1, 0.15) is 5.75 Å². The molecule has 28 heavy (non-hydrogen) atoms. The van der Waals surface area contributed by atoms with Gasteiger partial charge in [0.15, 0.2) is 0 Å². The van der Waals surface area contributed by atoms with Crippen molar-refractivity contribution in [2.45, 2.75) is 25.9 Å². The molecule has 6 heteroatoms. The van der Waals surface area contributed by atoms with Gasteiger partial charge in [-0.1, -0.05) is 29.5 Å². The van der Waals surface area contributed by atoms with Gasteiger partial charge in [-0.15, -0.1) is 5.10 Å². The minimum Gasteiger partial charge on any atom is -0.497 e. The van der Waals surface area contributed by atoms with Crippen LogP contribution in [-0.2, 0) is 6.54 Å². The van der Waals surface area contributed by atoms with Crippen LogP contribution in [0.25, 0.3) is 5.69 Å². The third-order valence-electron chi connectivity index (χ3n) is 5.29. The summed E-state index contributed by atoms with van der Waals surface area (Å²) in [6.07, 6.45) is 2.02. The van der Waals surface area contributed by atoms with Gasteiger partial charge >= 0.3 is 0 Å². The van der Waals surface area contributed by atoms with Gasteiger partial charge in [0, 0.05) is 43.5 Å². The molecule has 0 atom stereocenters. The van der Waals surface area contributed by atoms with E-state index in [4.69, 9.17) is 4.74 Å². The van der Waals surface area contributed by atoms with E-state index < -0.39 is 0 Å². The van der Waals surface area contributed by atoms with Gasteiger partial charge in [-0.25, -0.2) is 4.68 Å². The van der Waals surface area contributed by atoms with Crippen molar-refractivity contribution in [1.82, 2.24) is 19.9 Å². The van der Waals surface area contributed by atoms with Crippen LogP contribution in [0.3, 0.4) is 0 Å². The van der Waals surface area contributed by atoms with Crippen LogP contribution < -0.4 is 9.64 Å². The molecule has 1 aliphatic rings. The number of anilines is 1. The lowest BCUT2D eigenvalue weighted by atomic mass is 9.97. The second-order valence-corrected chi connectivity index (χ2v) is 7.87. The fourth-order valence-corrected chi connectivity index (χ4v) is 3.95. The average Bonchev–Trinajstić information content (AvgIpc) is 3.16. The second kappa shape index (κ2) is 7.64. The summed E-state index contributed by atoms with van der Waals surface area (Å²) in [6, 6.07) is 18.4. The summed E-state index contributed by atoms with van der Waals surface area (Å²) < 4.78 is 7.24. The molecule has 146 valence electrons. The Hall–Kier alpha value is -2.86. The lowest BCUT2D eigenvalue weighted by molar-refractivity contribution is 0.174. The summed E-state index contributed by atoms with van der Waals surface area (Å²) in [5, 5.41) is 8.66. The molecule has 3 aromatic rings. The number of benzene rings is 2. The van der Waals surface area contributed by atoms with Crippen LogP contribution in [0.2, 0.25) is 0 Å².